The minimum atomic E-state index is 0.403. The van der Waals surface area contributed by atoms with Crippen LogP contribution in [0, 0.1) is 0 Å². The van der Waals surface area contributed by atoms with Crippen LogP contribution in [0.5, 0.6) is 0 Å². The summed E-state index contributed by atoms with van der Waals surface area (Å²) in [4.78, 5) is 12.0. The van der Waals surface area contributed by atoms with E-state index >= 15 is 0 Å². The molecule has 5 heterocycles. The molecule has 0 radical (unpaired) electrons. The fraction of sp³-hybridized carbons (Fsp3) is 0.682. The first-order chi connectivity index (χ1) is 14.4. The number of piperidine rings is 1. The summed E-state index contributed by atoms with van der Waals surface area (Å²) in [6, 6.07) is 4.72. The minimum Gasteiger partial charge on any atom is -0.381 e. The second-order valence-electron chi connectivity index (χ2n) is 8.51. The van der Waals surface area contributed by atoms with Crippen LogP contribution in [-0.4, -0.2) is 70.2 Å². The lowest BCUT2D eigenvalue weighted by atomic mass is 9.94. The largest absolute Gasteiger partial charge is 0.381 e. The molecule has 0 aliphatic carbocycles. The van der Waals surface area contributed by atoms with Crippen molar-refractivity contribution < 1.29 is 9.47 Å². The highest BCUT2D eigenvalue weighted by atomic mass is 16.5. The number of nitrogens with zero attached hydrogens (tertiary/aromatic N) is 5. The molecule has 3 fully saturated rings. The molecule has 29 heavy (non-hydrogen) atoms. The summed E-state index contributed by atoms with van der Waals surface area (Å²) in [5.41, 5.74) is 1.06. The maximum Gasteiger partial charge on any atom is 0.154 e. The molecule has 2 aromatic rings. The van der Waals surface area contributed by atoms with E-state index in [2.05, 4.69) is 14.6 Å². The number of pyridine rings is 1. The summed E-state index contributed by atoms with van der Waals surface area (Å²) in [6.45, 7) is 5.68. The molecule has 1 unspecified atom stereocenters. The molecule has 5 rings (SSSR count). The molecule has 3 aliphatic heterocycles. The summed E-state index contributed by atoms with van der Waals surface area (Å²) in [7, 11) is 0. The fourth-order valence-electron chi connectivity index (χ4n) is 5.01. The summed E-state index contributed by atoms with van der Waals surface area (Å²) < 4.78 is 13.2. The van der Waals surface area contributed by atoms with Crippen molar-refractivity contribution in [1.82, 2.24) is 24.6 Å². The Labute approximate surface area is 172 Å². The van der Waals surface area contributed by atoms with Crippen LogP contribution in [0.1, 0.15) is 62.0 Å². The zero-order valence-corrected chi connectivity index (χ0v) is 17.1. The standard InChI is InChI=1S/C22H31N5O2/c1-2-18(16-26(11-1)19-7-14-29-15-8-19)22-24-21(17-5-12-28-13-6-17)25-27(22)20-3-9-23-10-4-20/h3-4,9-10,17-19H,1-2,5-8,11-16H2. The highest BCUT2D eigenvalue weighted by Crippen LogP contribution is 2.32. The van der Waals surface area contributed by atoms with Crippen molar-refractivity contribution >= 4 is 0 Å². The maximum absolute atomic E-state index is 5.58. The lowest BCUT2D eigenvalue weighted by Crippen LogP contribution is -2.45. The van der Waals surface area contributed by atoms with E-state index in [1.54, 1.807) is 0 Å². The molecule has 7 heteroatoms. The van der Waals surface area contributed by atoms with Gasteiger partial charge in [0.2, 0.25) is 0 Å². The van der Waals surface area contributed by atoms with E-state index in [4.69, 9.17) is 19.6 Å². The molecule has 0 bridgehead atoms. The van der Waals surface area contributed by atoms with E-state index in [-0.39, 0.29) is 0 Å². The normalized spacial score (nSPS) is 25.3. The van der Waals surface area contributed by atoms with Gasteiger partial charge in [-0.1, -0.05) is 0 Å². The Morgan fingerprint density at radius 2 is 1.59 bits per heavy atom. The Hall–Kier alpha value is -1.83. The molecule has 0 saturated carbocycles. The average Bonchev–Trinajstić information content (AvgIpc) is 3.27. The van der Waals surface area contributed by atoms with E-state index in [1.807, 2.05) is 24.5 Å². The van der Waals surface area contributed by atoms with Crippen LogP contribution in [-0.2, 0) is 9.47 Å². The highest BCUT2D eigenvalue weighted by Gasteiger charge is 2.32. The van der Waals surface area contributed by atoms with Crippen molar-refractivity contribution in [2.75, 3.05) is 39.5 Å². The first kappa shape index (κ1) is 19.2. The SMILES string of the molecule is c1cc(-n2nc(C3CCOCC3)nc2C2CCCN(C3CCOCC3)C2)ccn1. The fourth-order valence-corrected chi connectivity index (χ4v) is 5.01. The van der Waals surface area contributed by atoms with E-state index in [0.29, 0.717) is 17.9 Å². The van der Waals surface area contributed by atoms with Gasteiger partial charge in [0.1, 0.15) is 5.82 Å². The molecule has 0 amide bonds. The van der Waals surface area contributed by atoms with Gasteiger partial charge < -0.3 is 9.47 Å². The van der Waals surface area contributed by atoms with E-state index in [9.17, 15) is 0 Å². The summed E-state index contributed by atoms with van der Waals surface area (Å²) >= 11 is 0. The lowest BCUT2D eigenvalue weighted by molar-refractivity contribution is 0.0234. The Balaban J connectivity index is 1.43. The van der Waals surface area contributed by atoms with Crippen LogP contribution < -0.4 is 0 Å². The van der Waals surface area contributed by atoms with Gasteiger partial charge in [0, 0.05) is 63.2 Å². The average molecular weight is 398 g/mol. The lowest BCUT2D eigenvalue weighted by Gasteiger charge is -2.39. The Bertz CT molecular complexity index is 784. The highest BCUT2D eigenvalue weighted by molar-refractivity contribution is 5.30. The van der Waals surface area contributed by atoms with Crippen LogP contribution in [0.3, 0.4) is 0 Å². The van der Waals surface area contributed by atoms with Crippen LogP contribution in [0.25, 0.3) is 5.69 Å². The number of aromatic nitrogens is 4. The predicted molar refractivity (Wildman–Crippen MR) is 109 cm³/mol. The number of hydrogen-bond donors (Lipinski definition) is 0. The number of ether oxygens (including phenoxy) is 2. The van der Waals surface area contributed by atoms with Gasteiger partial charge in [-0.3, -0.25) is 9.88 Å². The van der Waals surface area contributed by atoms with E-state index < -0.39 is 0 Å². The van der Waals surface area contributed by atoms with Gasteiger partial charge in [0.15, 0.2) is 5.82 Å². The van der Waals surface area contributed by atoms with Gasteiger partial charge in [0.25, 0.3) is 0 Å². The molecular weight excluding hydrogens is 366 g/mol. The van der Waals surface area contributed by atoms with Crippen molar-refractivity contribution in [3.63, 3.8) is 0 Å². The monoisotopic (exact) mass is 397 g/mol. The van der Waals surface area contributed by atoms with E-state index in [1.165, 1.54) is 19.4 Å². The topological polar surface area (TPSA) is 65.3 Å². The van der Waals surface area contributed by atoms with Crippen molar-refractivity contribution in [1.29, 1.82) is 0 Å². The van der Waals surface area contributed by atoms with Crippen LogP contribution in [0.15, 0.2) is 24.5 Å². The summed E-state index contributed by atoms with van der Waals surface area (Å²) in [6.07, 6.45) is 10.4. The third kappa shape index (κ3) is 4.22. The van der Waals surface area contributed by atoms with Gasteiger partial charge in [-0.05, 0) is 57.2 Å². The molecule has 0 aromatic carbocycles. The molecule has 3 saturated heterocycles. The molecular formula is C22H31N5O2. The Morgan fingerprint density at radius 3 is 2.34 bits per heavy atom. The third-order valence-corrected chi connectivity index (χ3v) is 6.67. The van der Waals surface area contributed by atoms with Crippen molar-refractivity contribution in [3.8, 4) is 5.69 Å². The second-order valence-corrected chi connectivity index (χ2v) is 8.51. The molecule has 1 atom stereocenters. The van der Waals surface area contributed by atoms with Crippen LogP contribution in [0.4, 0.5) is 0 Å². The molecule has 2 aromatic heterocycles. The van der Waals surface area contributed by atoms with Crippen LogP contribution in [0.2, 0.25) is 0 Å². The van der Waals surface area contributed by atoms with Gasteiger partial charge in [0.05, 0.1) is 5.69 Å². The van der Waals surface area contributed by atoms with Crippen LogP contribution >= 0.6 is 0 Å². The zero-order chi connectivity index (χ0) is 19.5. The van der Waals surface area contributed by atoms with Crippen molar-refractivity contribution in [3.05, 3.63) is 36.2 Å². The van der Waals surface area contributed by atoms with E-state index in [0.717, 1.165) is 76.0 Å². The smallest absolute Gasteiger partial charge is 0.154 e. The summed E-state index contributed by atoms with van der Waals surface area (Å²) in [5.74, 6) is 2.93. The van der Waals surface area contributed by atoms with Crippen molar-refractivity contribution in [2.45, 2.75) is 56.4 Å². The van der Waals surface area contributed by atoms with Gasteiger partial charge in [-0.15, -0.1) is 0 Å². The molecule has 3 aliphatic rings. The third-order valence-electron chi connectivity index (χ3n) is 6.67. The molecule has 0 N–H and O–H groups in total. The first-order valence-corrected chi connectivity index (χ1v) is 11.2. The molecule has 7 nitrogen and oxygen atoms in total. The molecule has 156 valence electrons. The first-order valence-electron chi connectivity index (χ1n) is 11.2. The Kier molecular flexibility index (Phi) is 5.88. The van der Waals surface area contributed by atoms with Gasteiger partial charge in [-0.25, -0.2) is 9.67 Å². The van der Waals surface area contributed by atoms with Crippen molar-refractivity contribution in [2.24, 2.45) is 0 Å². The predicted octanol–water partition coefficient (Wildman–Crippen LogP) is 2.91. The second kappa shape index (κ2) is 8.90. The quantitative estimate of drug-likeness (QED) is 0.790. The van der Waals surface area contributed by atoms with Gasteiger partial charge in [-0.2, -0.15) is 5.10 Å². The maximum atomic E-state index is 5.58. The summed E-state index contributed by atoms with van der Waals surface area (Å²) in [5, 5.41) is 5.00. The van der Waals surface area contributed by atoms with Gasteiger partial charge >= 0.3 is 0 Å². The Morgan fingerprint density at radius 1 is 0.862 bits per heavy atom. The minimum absolute atomic E-state index is 0.403. The molecule has 0 spiro atoms. The number of rotatable bonds is 4. The number of likely N-dealkylation sites (tertiary alicyclic amines) is 1. The number of hydrogen-bond acceptors (Lipinski definition) is 6. The zero-order valence-electron chi connectivity index (χ0n) is 17.1.